The number of nitrogens with zero attached hydrogens (tertiary/aromatic N) is 1. The summed E-state index contributed by atoms with van der Waals surface area (Å²) < 4.78 is 26.8. The molecule has 2 rings (SSSR count). The fourth-order valence-electron chi connectivity index (χ4n) is 2.81. The van der Waals surface area contributed by atoms with Crippen molar-refractivity contribution in [2.24, 2.45) is 0 Å². The molecule has 2 nitrogen and oxygen atoms in total. The Balaban J connectivity index is 1.66. The molecule has 0 bridgehead atoms. The Morgan fingerprint density at radius 2 is 2.00 bits per heavy atom. The van der Waals surface area contributed by atoms with E-state index in [1.807, 2.05) is 0 Å². The Kier molecular flexibility index (Phi) is 5.92. The molecular formula is C16H24F2N2. The molecule has 1 aromatic carbocycles. The summed E-state index contributed by atoms with van der Waals surface area (Å²) in [6, 6.07) is 4.67. The van der Waals surface area contributed by atoms with Crippen LogP contribution in [0.15, 0.2) is 18.2 Å². The molecule has 1 unspecified atom stereocenters. The van der Waals surface area contributed by atoms with Crippen LogP contribution in [0.3, 0.4) is 0 Å². The minimum atomic E-state index is -0.470. The maximum absolute atomic E-state index is 13.4. The fourth-order valence-corrected chi connectivity index (χ4v) is 2.81. The molecule has 0 radical (unpaired) electrons. The summed E-state index contributed by atoms with van der Waals surface area (Å²) in [7, 11) is 0. The highest BCUT2D eigenvalue weighted by Gasteiger charge is 2.17. The molecule has 1 atom stereocenters. The number of rotatable bonds is 6. The van der Waals surface area contributed by atoms with Crippen LogP contribution in [-0.2, 0) is 6.54 Å². The molecular weight excluding hydrogens is 258 g/mol. The van der Waals surface area contributed by atoms with Crippen molar-refractivity contribution >= 4 is 0 Å². The van der Waals surface area contributed by atoms with Gasteiger partial charge in [0.2, 0.25) is 0 Å². The van der Waals surface area contributed by atoms with Crippen molar-refractivity contribution in [3.05, 3.63) is 35.4 Å². The molecule has 0 aromatic heterocycles. The number of hydrogen-bond acceptors (Lipinski definition) is 2. The van der Waals surface area contributed by atoms with Gasteiger partial charge in [0.05, 0.1) is 0 Å². The Bertz CT molecular complexity index is 403. The lowest BCUT2D eigenvalue weighted by atomic mass is 10.0. The van der Waals surface area contributed by atoms with E-state index in [0.717, 1.165) is 19.5 Å². The molecule has 112 valence electrons. The molecule has 4 heteroatoms. The van der Waals surface area contributed by atoms with Gasteiger partial charge in [0.1, 0.15) is 11.6 Å². The van der Waals surface area contributed by atoms with Crippen molar-refractivity contribution < 1.29 is 8.78 Å². The van der Waals surface area contributed by atoms with Crippen LogP contribution in [-0.4, -0.2) is 30.6 Å². The van der Waals surface area contributed by atoms with Gasteiger partial charge in [-0.1, -0.05) is 12.5 Å². The second-order valence-electron chi connectivity index (χ2n) is 5.61. The first-order chi connectivity index (χ1) is 9.68. The monoisotopic (exact) mass is 282 g/mol. The summed E-state index contributed by atoms with van der Waals surface area (Å²) in [6.07, 6.45) is 4.93. The van der Waals surface area contributed by atoms with E-state index in [0.29, 0.717) is 6.04 Å². The smallest absolute Gasteiger partial charge is 0.130 e. The summed E-state index contributed by atoms with van der Waals surface area (Å²) in [6.45, 7) is 5.57. The number of likely N-dealkylation sites (tertiary alicyclic amines) is 1. The van der Waals surface area contributed by atoms with E-state index in [4.69, 9.17) is 0 Å². The molecule has 1 heterocycles. The molecule has 1 aliphatic rings. The molecule has 0 aliphatic carbocycles. The van der Waals surface area contributed by atoms with Gasteiger partial charge in [0.25, 0.3) is 0 Å². The van der Waals surface area contributed by atoms with Crippen molar-refractivity contribution in [1.82, 2.24) is 10.2 Å². The lowest BCUT2D eigenvalue weighted by Crippen LogP contribution is -2.38. The molecule has 0 saturated carbocycles. The van der Waals surface area contributed by atoms with Crippen LogP contribution in [0.4, 0.5) is 8.78 Å². The molecule has 20 heavy (non-hydrogen) atoms. The lowest BCUT2D eigenvalue weighted by molar-refractivity contribution is 0.159. The van der Waals surface area contributed by atoms with Gasteiger partial charge < -0.3 is 10.2 Å². The molecule has 0 spiro atoms. The Labute approximate surface area is 120 Å². The van der Waals surface area contributed by atoms with E-state index in [-0.39, 0.29) is 12.1 Å². The van der Waals surface area contributed by atoms with Crippen molar-refractivity contribution in [3.8, 4) is 0 Å². The van der Waals surface area contributed by atoms with Gasteiger partial charge in [0, 0.05) is 18.2 Å². The number of halogens is 2. The maximum atomic E-state index is 13.4. The number of hydrogen-bond donors (Lipinski definition) is 1. The molecule has 1 fully saturated rings. The Morgan fingerprint density at radius 1 is 1.25 bits per heavy atom. The van der Waals surface area contributed by atoms with Gasteiger partial charge in [-0.3, -0.25) is 0 Å². The third-order valence-corrected chi connectivity index (χ3v) is 4.10. The second kappa shape index (κ2) is 7.70. The first-order valence-electron chi connectivity index (χ1n) is 7.56. The van der Waals surface area contributed by atoms with Crippen LogP contribution < -0.4 is 5.32 Å². The first kappa shape index (κ1) is 15.4. The summed E-state index contributed by atoms with van der Waals surface area (Å²) in [5, 5.41) is 3.13. The van der Waals surface area contributed by atoms with E-state index in [1.54, 1.807) is 0 Å². The largest absolute Gasteiger partial charge is 0.312 e. The molecule has 0 amide bonds. The summed E-state index contributed by atoms with van der Waals surface area (Å²) in [5.41, 5.74) is 0.138. The topological polar surface area (TPSA) is 15.3 Å². The highest BCUT2D eigenvalue weighted by molar-refractivity contribution is 5.19. The summed E-state index contributed by atoms with van der Waals surface area (Å²) in [5.74, 6) is -0.940. The zero-order chi connectivity index (χ0) is 14.4. The second-order valence-corrected chi connectivity index (χ2v) is 5.61. The average molecular weight is 282 g/mol. The van der Waals surface area contributed by atoms with E-state index in [2.05, 4.69) is 17.1 Å². The third kappa shape index (κ3) is 4.25. The number of piperidine rings is 1. The average Bonchev–Trinajstić information content (AvgIpc) is 2.43. The fraction of sp³-hybridized carbons (Fsp3) is 0.625. The third-order valence-electron chi connectivity index (χ3n) is 4.10. The van der Waals surface area contributed by atoms with Crippen LogP contribution in [0.5, 0.6) is 0 Å². The normalized spacial score (nSPS) is 20.2. The van der Waals surface area contributed by atoms with Crippen molar-refractivity contribution in [1.29, 1.82) is 0 Å². The van der Waals surface area contributed by atoms with Crippen LogP contribution in [0.1, 0.15) is 38.2 Å². The number of benzene rings is 1. The van der Waals surface area contributed by atoms with Gasteiger partial charge in [-0.2, -0.15) is 0 Å². The van der Waals surface area contributed by atoms with Crippen molar-refractivity contribution in [2.75, 3.05) is 19.6 Å². The zero-order valence-corrected chi connectivity index (χ0v) is 12.2. The lowest BCUT2D eigenvalue weighted by Gasteiger charge is -2.33. The maximum Gasteiger partial charge on any atom is 0.130 e. The Morgan fingerprint density at radius 3 is 2.70 bits per heavy atom. The van der Waals surface area contributed by atoms with Crippen LogP contribution in [0.25, 0.3) is 0 Å². The van der Waals surface area contributed by atoms with E-state index in [9.17, 15) is 8.78 Å². The van der Waals surface area contributed by atoms with Crippen LogP contribution in [0.2, 0.25) is 0 Å². The predicted molar refractivity (Wildman–Crippen MR) is 77.6 cm³/mol. The first-order valence-corrected chi connectivity index (χ1v) is 7.56. The predicted octanol–water partition coefficient (Wildman–Crippen LogP) is 3.32. The quantitative estimate of drug-likeness (QED) is 0.805. The highest BCUT2D eigenvalue weighted by atomic mass is 19.1. The molecule has 1 saturated heterocycles. The minimum absolute atomic E-state index is 0.138. The standard InChI is InChI=1S/C16H24F2N2/c1-13-6-2-3-10-20(13)11-5-9-19-12-14-15(17)7-4-8-16(14)18/h4,7-8,13,19H,2-3,5-6,9-12H2,1H3. The highest BCUT2D eigenvalue weighted by Crippen LogP contribution is 2.16. The van der Waals surface area contributed by atoms with Crippen LogP contribution in [0, 0.1) is 11.6 Å². The van der Waals surface area contributed by atoms with E-state index in [1.165, 1.54) is 44.0 Å². The van der Waals surface area contributed by atoms with Gasteiger partial charge in [-0.05, 0) is 58.0 Å². The van der Waals surface area contributed by atoms with Crippen molar-refractivity contribution in [3.63, 3.8) is 0 Å². The Hall–Kier alpha value is -1.00. The molecule has 1 aromatic rings. The van der Waals surface area contributed by atoms with Crippen molar-refractivity contribution in [2.45, 2.75) is 45.2 Å². The summed E-state index contributed by atoms with van der Waals surface area (Å²) in [4.78, 5) is 2.51. The molecule has 1 aliphatic heterocycles. The molecule has 1 N–H and O–H groups in total. The zero-order valence-electron chi connectivity index (χ0n) is 12.2. The van der Waals surface area contributed by atoms with Gasteiger partial charge >= 0.3 is 0 Å². The van der Waals surface area contributed by atoms with Gasteiger partial charge in [-0.25, -0.2) is 8.78 Å². The van der Waals surface area contributed by atoms with Gasteiger partial charge in [0.15, 0.2) is 0 Å². The number of nitrogens with one attached hydrogen (secondary N) is 1. The van der Waals surface area contributed by atoms with Crippen LogP contribution >= 0.6 is 0 Å². The minimum Gasteiger partial charge on any atom is -0.312 e. The van der Waals surface area contributed by atoms with E-state index < -0.39 is 11.6 Å². The SMILES string of the molecule is CC1CCCCN1CCCNCc1c(F)cccc1F. The summed E-state index contributed by atoms with van der Waals surface area (Å²) >= 11 is 0. The van der Waals surface area contributed by atoms with E-state index >= 15 is 0 Å². The van der Waals surface area contributed by atoms with Gasteiger partial charge in [-0.15, -0.1) is 0 Å².